The first-order valence-corrected chi connectivity index (χ1v) is 3.14. The Morgan fingerprint density at radius 3 is 2.67 bits per heavy atom. The molecule has 1 fully saturated rings. The monoisotopic (exact) mass is 132 g/mol. The van der Waals surface area contributed by atoms with E-state index in [1.54, 1.807) is 6.92 Å². The molecular weight excluding hydrogens is 120 g/mol. The normalized spacial score (nSPS) is 45.0. The first-order valence-electron chi connectivity index (χ1n) is 3.14. The van der Waals surface area contributed by atoms with Crippen LogP contribution >= 0.6 is 0 Å². The SMILES string of the molecule is C[C@@]1(O)C[C@@H](O)CCO1. The van der Waals surface area contributed by atoms with Crippen LogP contribution in [0.3, 0.4) is 0 Å². The summed E-state index contributed by atoms with van der Waals surface area (Å²) in [6.45, 7) is 2.02. The lowest BCUT2D eigenvalue weighted by molar-refractivity contribution is -0.231. The fourth-order valence-corrected chi connectivity index (χ4v) is 1.01. The van der Waals surface area contributed by atoms with Crippen molar-refractivity contribution in [3.8, 4) is 0 Å². The standard InChI is InChI=1S/C6H12O3/c1-6(8)4-5(7)2-3-9-6/h5,7-8H,2-4H2,1H3/t5-,6-/m0/s1. The molecular formula is C6H12O3. The van der Waals surface area contributed by atoms with Gasteiger partial charge in [0.2, 0.25) is 0 Å². The van der Waals surface area contributed by atoms with Gasteiger partial charge in [-0.05, 0) is 13.3 Å². The van der Waals surface area contributed by atoms with Gasteiger partial charge in [-0.3, -0.25) is 0 Å². The summed E-state index contributed by atoms with van der Waals surface area (Å²) in [6, 6.07) is 0. The molecule has 1 heterocycles. The van der Waals surface area contributed by atoms with Crippen molar-refractivity contribution in [2.24, 2.45) is 0 Å². The van der Waals surface area contributed by atoms with Crippen molar-refractivity contribution in [2.75, 3.05) is 6.61 Å². The Bertz CT molecular complexity index is 100. The van der Waals surface area contributed by atoms with Gasteiger partial charge in [0.15, 0.2) is 5.79 Å². The molecule has 0 aromatic heterocycles. The second-order valence-corrected chi connectivity index (χ2v) is 2.67. The van der Waals surface area contributed by atoms with Crippen molar-refractivity contribution < 1.29 is 14.9 Å². The maximum absolute atomic E-state index is 9.16. The van der Waals surface area contributed by atoms with Crippen molar-refractivity contribution in [2.45, 2.75) is 31.7 Å². The summed E-state index contributed by atoms with van der Waals surface area (Å²) in [5.41, 5.74) is 0. The van der Waals surface area contributed by atoms with Crippen LogP contribution in [0.25, 0.3) is 0 Å². The number of hydrogen-bond donors (Lipinski definition) is 2. The van der Waals surface area contributed by atoms with Gasteiger partial charge in [-0.2, -0.15) is 0 Å². The van der Waals surface area contributed by atoms with Gasteiger partial charge in [-0.15, -0.1) is 0 Å². The Balaban J connectivity index is 2.41. The van der Waals surface area contributed by atoms with E-state index in [0.717, 1.165) is 0 Å². The highest BCUT2D eigenvalue weighted by atomic mass is 16.6. The minimum Gasteiger partial charge on any atom is -0.393 e. The van der Waals surface area contributed by atoms with Crippen molar-refractivity contribution >= 4 is 0 Å². The average molecular weight is 132 g/mol. The van der Waals surface area contributed by atoms with Crippen LogP contribution in [0.5, 0.6) is 0 Å². The topological polar surface area (TPSA) is 49.7 Å². The molecule has 0 unspecified atom stereocenters. The van der Waals surface area contributed by atoms with Gasteiger partial charge < -0.3 is 14.9 Å². The lowest BCUT2D eigenvalue weighted by atomic mass is 10.1. The average Bonchev–Trinajstić information content (AvgIpc) is 1.60. The highest BCUT2D eigenvalue weighted by molar-refractivity contribution is 4.71. The molecule has 1 aliphatic rings. The van der Waals surface area contributed by atoms with Gasteiger partial charge in [-0.25, -0.2) is 0 Å². The van der Waals surface area contributed by atoms with E-state index in [-0.39, 0.29) is 0 Å². The van der Waals surface area contributed by atoms with Gasteiger partial charge in [-0.1, -0.05) is 0 Å². The van der Waals surface area contributed by atoms with E-state index in [2.05, 4.69) is 0 Å². The zero-order chi connectivity index (χ0) is 6.91. The summed E-state index contributed by atoms with van der Waals surface area (Å²) in [5, 5.41) is 18.2. The molecule has 0 aromatic carbocycles. The van der Waals surface area contributed by atoms with E-state index >= 15 is 0 Å². The van der Waals surface area contributed by atoms with Crippen molar-refractivity contribution in [3.05, 3.63) is 0 Å². The highest BCUT2D eigenvalue weighted by Crippen LogP contribution is 2.20. The van der Waals surface area contributed by atoms with Gasteiger partial charge in [0, 0.05) is 6.42 Å². The second kappa shape index (κ2) is 2.25. The summed E-state index contributed by atoms with van der Waals surface area (Å²) in [6.07, 6.45) is 0.567. The Kier molecular flexibility index (Phi) is 1.75. The third-order valence-electron chi connectivity index (χ3n) is 1.48. The van der Waals surface area contributed by atoms with E-state index in [0.29, 0.717) is 19.4 Å². The Morgan fingerprint density at radius 2 is 2.33 bits per heavy atom. The van der Waals surface area contributed by atoms with Crippen LogP contribution in [-0.2, 0) is 4.74 Å². The van der Waals surface area contributed by atoms with E-state index in [1.807, 2.05) is 0 Å². The molecule has 3 nitrogen and oxygen atoms in total. The minimum atomic E-state index is -1.10. The molecule has 0 bridgehead atoms. The number of rotatable bonds is 0. The molecule has 0 amide bonds. The molecule has 0 saturated carbocycles. The highest BCUT2D eigenvalue weighted by Gasteiger charge is 2.29. The molecule has 1 aliphatic heterocycles. The Hall–Kier alpha value is -0.120. The number of aliphatic hydroxyl groups excluding tert-OH is 1. The predicted molar refractivity (Wildman–Crippen MR) is 31.8 cm³/mol. The van der Waals surface area contributed by atoms with Crippen LogP contribution in [0.2, 0.25) is 0 Å². The molecule has 0 aromatic rings. The summed E-state index contributed by atoms with van der Waals surface area (Å²) in [4.78, 5) is 0. The molecule has 9 heavy (non-hydrogen) atoms. The third kappa shape index (κ3) is 1.93. The molecule has 3 heteroatoms. The largest absolute Gasteiger partial charge is 0.393 e. The molecule has 2 N–H and O–H groups in total. The summed E-state index contributed by atoms with van der Waals surface area (Å²) in [5.74, 6) is -1.10. The maximum atomic E-state index is 9.16. The Morgan fingerprint density at radius 1 is 1.67 bits per heavy atom. The van der Waals surface area contributed by atoms with Crippen LogP contribution in [0, 0.1) is 0 Å². The molecule has 0 radical (unpaired) electrons. The van der Waals surface area contributed by atoms with Gasteiger partial charge in [0.1, 0.15) is 0 Å². The first kappa shape index (κ1) is 6.99. The zero-order valence-corrected chi connectivity index (χ0v) is 5.50. The van der Waals surface area contributed by atoms with Crippen LogP contribution in [0.15, 0.2) is 0 Å². The molecule has 0 spiro atoms. The molecule has 2 atom stereocenters. The van der Waals surface area contributed by atoms with E-state index in [9.17, 15) is 0 Å². The van der Waals surface area contributed by atoms with E-state index in [4.69, 9.17) is 14.9 Å². The van der Waals surface area contributed by atoms with Crippen LogP contribution < -0.4 is 0 Å². The summed E-state index contributed by atoms with van der Waals surface area (Å²) < 4.78 is 4.93. The fraction of sp³-hybridized carbons (Fsp3) is 1.00. The first-order chi connectivity index (χ1) is 4.10. The third-order valence-corrected chi connectivity index (χ3v) is 1.48. The lowest BCUT2D eigenvalue weighted by Crippen LogP contribution is -2.38. The van der Waals surface area contributed by atoms with Gasteiger partial charge in [0.05, 0.1) is 12.7 Å². The lowest BCUT2D eigenvalue weighted by Gasteiger charge is -2.31. The molecule has 1 rings (SSSR count). The van der Waals surface area contributed by atoms with Crippen molar-refractivity contribution in [1.82, 2.24) is 0 Å². The van der Waals surface area contributed by atoms with E-state index in [1.165, 1.54) is 0 Å². The van der Waals surface area contributed by atoms with E-state index < -0.39 is 11.9 Å². The fourth-order valence-electron chi connectivity index (χ4n) is 1.01. The van der Waals surface area contributed by atoms with Crippen molar-refractivity contribution in [1.29, 1.82) is 0 Å². The quantitative estimate of drug-likeness (QED) is 0.482. The zero-order valence-electron chi connectivity index (χ0n) is 5.50. The maximum Gasteiger partial charge on any atom is 0.165 e. The summed E-state index contributed by atoms with van der Waals surface area (Å²) in [7, 11) is 0. The van der Waals surface area contributed by atoms with Gasteiger partial charge >= 0.3 is 0 Å². The van der Waals surface area contributed by atoms with Crippen LogP contribution in [0.4, 0.5) is 0 Å². The van der Waals surface area contributed by atoms with Crippen LogP contribution in [-0.4, -0.2) is 28.7 Å². The predicted octanol–water partition coefficient (Wildman–Crippen LogP) is -0.134. The minimum absolute atomic E-state index is 0.326. The number of aliphatic hydroxyl groups is 2. The molecule has 54 valence electrons. The van der Waals surface area contributed by atoms with Gasteiger partial charge in [0.25, 0.3) is 0 Å². The summed E-state index contributed by atoms with van der Waals surface area (Å²) >= 11 is 0. The Labute approximate surface area is 54.3 Å². The smallest absolute Gasteiger partial charge is 0.165 e. The number of hydrogen-bond acceptors (Lipinski definition) is 3. The molecule has 1 saturated heterocycles. The second-order valence-electron chi connectivity index (χ2n) is 2.67. The van der Waals surface area contributed by atoms with Crippen molar-refractivity contribution in [3.63, 3.8) is 0 Å². The molecule has 0 aliphatic carbocycles. The van der Waals surface area contributed by atoms with Crippen LogP contribution in [0.1, 0.15) is 19.8 Å². The number of ether oxygens (including phenoxy) is 1.